The number of aromatic nitrogens is 4. The molecule has 0 bridgehead atoms. The van der Waals surface area contributed by atoms with Gasteiger partial charge in [0.1, 0.15) is 11.6 Å². The number of fused-ring (bicyclic) bond motifs is 1. The zero-order chi connectivity index (χ0) is 17.2. The van der Waals surface area contributed by atoms with Crippen LogP contribution in [0, 0.1) is 0 Å². The Bertz CT molecular complexity index is 1010. The number of rotatable bonds is 4. The SMILES string of the molecule is C[C@@H](Nc1ccc2nnc(-c3ccccc3)n2n1)c1cccc(O)c1. The topological polar surface area (TPSA) is 75.3 Å². The second-order valence-electron chi connectivity index (χ2n) is 5.84. The lowest BCUT2D eigenvalue weighted by Gasteiger charge is -2.15. The Morgan fingerprint density at radius 1 is 0.960 bits per heavy atom. The number of phenolic OH excluding ortho intramolecular Hbond substituents is 1. The minimum Gasteiger partial charge on any atom is -0.508 e. The van der Waals surface area contributed by atoms with Gasteiger partial charge in [0.2, 0.25) is 0 Å². The summed E-state index contributed by atoms with van der Waals surface area (Å²) < 4.78 is 1.73. The summed E-state index contributed by atoms with van der Waals surface area (Å²) in [5, 5.41) is 26.0. The van der Waals surface area contributed by atoms with Crippen molar-refractivity contribution in [1.82, 2.24) is 19.8 Å². The summed E-state index contributed by atoms with van der Waals surface area (Å²) in [7, 11) is 0. The fraction of sp³-hybridized carbons (Fsp3) is 0.105. The van der Waals surface area contributed by atoms with Crippen molar-refractivity contribution in [3.63, 3.8) is 0 Å². The molecule has 6 nitrogen and oxygen atoms in total. The molecule has 2 aromatic carbocycles. The van der Waals surface area contributed by atoms with E-state index in [1.54, 1.807) is 16.6 Å². The maximum atomic E-state index is 9.64. The molecule has 0 aliphatic carbocycles. The van der Waals surface area contributed by atoms with Crippen LogP contribution in [0.25, 0.3) is 17.0 Å². The molecule has 0 saturated heterocycles. The van der Waals surface area contributed by atoms with Crippen LogP contribution >= 0.6 is 0 Å². The molecule has 124 valence electrons. The predicted molar refractivity (Wildman–Crippen MR) is 96.4 cm³/mol. The van der Waals surface area contributed by atoms with Crippen LogP contribution in [0.15, 0.2) is 66.7 Å². The molecule has 0 aliphatic heterocycles. The van der Waals surface area contributed by atoms with E-state index in [0.717, 1.165) is 11.1 Å². The van der Waals surface area contributed by atoms with E-state index in [9.17, 15) is 5.11 Å². The summed E-state index contributed by atoms with van der Waals surface area (Å²) in [6.07, 6.45) is 0. The van der Waals surface area contributed by atoms with Crippen LogP contribution in [0.4, 0.5) is 5.82 Å². The number of nitrogens with zero attached hydrogens (tertiary/aromatic N) is 4. The van der Waals surface area contributed by atoms with E-state index in [-0.39, 0.29) is 11.8 Å². The molecular weight excluding hydrogens is 314 g/mol. The van der Waals surface area contributed by atoms with E-state index in [1.807, 2.05) is 61.5 Å². The Morgan fingerprint density at radius 2 is 1.80 bits per heavy atom. The summed E-state index contributed by atoms with van der Waals surface area (Å²) in [6, 6.07) is 20.8. The highest BCUT2D eigenvalue weighted by Gasteiger charge is 2.11. The van der Waals surface area contributed by atoms with Gasteiger partial charge in [-0.25, -0.2) is 0 Å². The fourth-order valence-electron chi connectivity index (χ4n) is 2.73. The summed E-state index contributed by atoms with van der Waals surface area (Å²) in [5.74, 6) is 1.66. The molecule has 6 heteroatoms. The average Bonchev–Trinajstić information content (AvgIpc) is 3.05. The molecule has 25 heavy (non-hydrogen) atoms. The van der Waals surface area contributed by atoms with Gasteiger partial charge in [-0.1, -0.05) is 42.5 Å². The van der Waals surface area contributed by atoms with Crippen LogP contribution in [0.1, 0.15) is 18.5 Å². The van der Waals surface area contributed by atoms with Gasteiger partial charge in [-0.3, -0.25) is 0 Å². The Hall–Kier alpha value is -3.41. The zero-order valence-corrected chi connectivity index (χ0v) is 13.7. The third kappa shape index (κ3) is 3.01. The van der Waals surface area contributed by atoms with Crippen LogP contribution in [0.5, 0.6) is 5.75 Å². The van der Waals surface area contributed by atoms with Gasteiger partial charge in [0, 0.05) is 5.56 Å². The average molecular weight is 331 g/mol. The van der Waals surface area contributed by atoms with Crippen molar-refractivity contribution in [2.75, 3.05) is 5.32 Å². The highest BCUT2D eigenvalue weighted by molar-refractivity contribution is 5.59. The van der Waals surface area contributed by atoms with Crippen molar-refractivity contribution in [3.05, 3.63) is 72.3 Å². The molecule has 1 atom stereocenters. The first-order chi connectivity index (χ1) is 12.2. The highest BCUT2D eigenvalue weighted by Crippen LogP contribution is 2.22. The lowest BCUT2D eigenvalue weighted by atomic mass is 10.1. The monoisotopic (exact) mass is 331 g/mol. The van der Waals surface area contributed by atoms with Gasteiger partial charge in [0.05, 0.1) is 6.04 Å². The van der Waals surface area contributed by atoms with Crippen molar-refractivity contribution in [3.8, 4) is 17.1 Å². The van der Waals surface area contributed by atoms with Gasteiger partial charge < -0.3 is 10.4 Å². The molecule has 2 aromatic heterocycles. The van der Waals surface area contributed by atoms with E-state index >= 15 is 0 Å². The van der Waals surface area contributed by atoms with Crippen LogP contribution in [0.3, 0.4) is 0 Å². The number of phenols is 1. The summed E-state index contributed by atoms with van der Waals surface area (Å²) in [5.41, 5.74) is 2.63. The van der Waals surface area contributed by atoms with Gasteiger partial charge in [0.15, 0.2) is 11.5 Å². The molecule has 0 amide bonds. The Kier molecular flexibility index (Phi) is 3.78. The van der Waals surface area contributed by atoms with Gasteiger partial charge in [-0.05, 0) is 36.8 Å². The van der Waals surface area contributed by atoms with E-state index in [2.05, 4.69) is 20.6 Å². The molecule has 0 fully saturated rings. The zero-order valence-electron chi connectivity index (χ0n) is 13.7. The molecule has 0 spiro atoms. The second-order valence-corrected chi connectivity index (χ2v) is 5.84. The molecule has 0 unspecified atom stereocenters. The molecule has 2 heterocycles. The van der Waals surface area contributed by atoms with Gasteiger partial charge >= 0.3 is 0 Å². The fourth-order valence-corrected chi connectivity index (χ4v) is 2.73. The van der Waals surface area contributed by atoms with E-state index in [1.165, 1.54) is 0 Å². The van der Waals surface area contributed by atoms with Crippen molar-refractivity contribution in [2.45, 2.75) is 13.0 Å². The maximum Gasteiger partial charge on any atom is 0.185 e. The summed E-state index contributed by atoms with van der Waals surface area (Å²) in [6.45, 7) is 2.02. The normalized spacial score (nSPS) is 12.2. The number of aromatic hydroxyl groups is 1. The third-order valence-electron chi connectivity index (χ3n) is 4.03. The maximum absolute atomic E-state index is 9.64. The summed E-state index contributed by atoms with van der Waals surface area (Å²) >= 11 is 0. The van der Waals surface area contributed by atoms with Gasteiger partial charge in [-0.2, -0.15) is 4.52 Å². The Balaban J connectivity index is 1.67. The largest absolute Gasteiger partial charge is 0.508 e. The first kappa shape index (κ1) is 15.1. The van der Waals surface area contributed by atoms with E-state index < -0.39 is 0 Å². The van der Waals surface area contributed by atoms with Crippen LogP contribution in [0.2, 0.25) is 0 Å². The smallest absolute Gasteiger partial charge is 0.185 e. The Labute approximate surface area is 144 Å². The molecule has 0 radical (unpaired) electrons. The standard InChI is InChI=1S/C19H17N5O/c1-13(15-8-5-9-16(25)12-15)20-17-10-11-18-21-22-19(24(18)23-17)14-6-3-2-4-7-14/h2-13,25H,1H3,(H,20,23)/t13-/m1/s1. The number of hydrogen-bond acceptors (Lipinski definition) is 5. The first-order valence-corrected chi connectivity index (χ1v) is 8.04. The lowest BCUT2D eigenvalue weighted by molar-refractivity contribution is 0.474. The van der Waals surface area contributed by atoms with Gasteiger partial charge in [-0.15, -0.1) is 15.3 Å². The number of hydrogen-bond donors (Lipinski definition) is 2. The van der Waals surface area contributed by atoms with Crippen molar-refractivity contribution in [2.24, 2.45) is 0 Å². The highest BCUT2D eigenvalue weighted by atomic mass is 16.3. The molecule has 4 rings (SSSR count). The molecule has 0 saturated carbocycles. The first-order valence-electron chi connectivity index (χ1n) is 8.04. The number of nitrogens with one attached hydrogen (secondary N) is 1. The molecular formula is C19H17N5O. The quantitative estimate of drug-likeness (QED) is 0.597. The minimum atomic E-state index is -0.00583. The summed E-state index contributed by atoms with van der Waals surface area (Å²) in [4.78, 5) is 0. The van der Waals surface area contributed by atoms with Crippen LogP contribution < -0.4 is 5.32 Å². The third-order valence-corrected chi connectivity index (χ3v) is 4.03. The lowest BCUT2D eigenvalue weighted by Crippen LogP contribution is -2.09. The van der Waals surface area contributed by atoms with Crippen LogP contribution in [-0.4, -0.2) is 24.9 Å². The molecule has 2 N–H and O–H groups in total. The second kappa shape index (κ2) is 6.24. The minimum absolute atomic E-state index is 0.00583. The van der Waals surface area contributed by atoms with Crippen molar-refractivity contribution >= 4 is 11.5 Å². The van der Waals surface area contributed by atoms with Crippen molar-refractivity contribution in [1.29, 1.82) is 0 Å². The molecule has 4 aromatic rings. The predicted octanol–water partition coefficient (Wildman–Crippen LogP) is 3.67. The van der Waals surface area contributed by atoms with E-state index in [4.69, 9.17) is 0 Å². The molecule has 0 aliphatic rings. The number of benzene rings is 2. The number of anilines is 1. The van der Waals surface area contributed by atoms with Crippen LogP contribution in [-0.2, 0) is 0 Å². The Morgan fingerprint density at radius 3 is 2.60 bits per heavy atom. The van der Waals surface area contributed by atoms with E-state index in [0.29, 0.717) is 17.3 Å². The van der Waals surface area contributed by atoms with Crippen molar-refractivity contribution < 1.29 is 5.11 Å². The van der Waals surface area contributed by atoms with Gasteiger partial charge in [0.25, 0.3) is 0 Å².